The van der Waals surface area contributed by atoms with E-state index < -0.39 is 6.04 Å². The number of rotatable bonds is 6. The SMILES string of the molecule is COc1ccc(CCN2C(=O)c3oc4c(C)cc(C)cc4c(=O)c3[C@@H]2c2cccc(Cl)c2)cc1OC. The van der Waals surface area contributed by atoms with Crippen molar-refractivity contribution in [2.24, 2.45) is 0 Å². The molecule has 0 aliphatic carbocycles. The van der Waals surface area contributed by atoms with Gasteiger partial charge in [0.2, 0.25) is 5.76 Å². The van der Waals surface area contributed by atoms with Crippen molar-refractivity contribution in [2.75, 3.05) is 20.8 Å². The molecule has 3 aromatic carbocycles. The Bertz CT molecular complexity index is 1560. The molecule has 4 aromatic rings. The van der Waals surface area contributed by atoms with Gasteiger partial charge in [-0.05, 0) is 72.9 Å². The molecule has 1 aliphatic rings. The van der Waals surface area contributed by atoms with E-state index >= 15 is 0 Å². The van der Waals surface area contributed by atoms with Gasteiger partial charge >= 0.3 is 0 Å². The van der Waals surface area contributed by atoms with Gasteiger partial charge in [-0.3, -0.25) is 9.59 Å². The Morgan fingerprint density at radius 1 is 0.972 bits per heavy atom. The second kappa shape index (κ2) is 9.36. The second-order valence-electron chi connectivity index (χ2n) is 9.03. The van der Waals surface area contributed by atoms with E-state index in [4.69, 9.17) is 25.5 Å². The lowest BCUT2D eigenvalue weighted by molar-refractivity contribution is 0.0730. The van der Waals surface area contributed by atoms with Gasteiger partial charge in [-0.1, -0.05) is 35.9 Å². The molecule has 0 unspecified atom stereocenters. The van der Waals surface area contributed by atoms with Crippen molar-refractivity contribution in [2.45, 2.75) is 26.3 Å². The first-order chi connectivity index (χ1) is 17.3. The number of carbonyl (C=O) groups excluding carboxylic acids is 1. The molecule has 0 spiro atoms. The average Bonchev–Trinajstić information content (AvgIpc) is 3.15. The molecule has 6 nitrogen and oxygen atoms in total. The number of halogens is 1. The van der Waals surface area contributed by atoms with Gasteiger partial charge in [-0.25, -0.2) is 0 Å². The van der Waals surface area contributed by atoms with Crippen LogP contribution in [-0.4, -0.2) is 31.6 Å². The molecule has 36 heavy (non-hydrogen) atoms. The fourth-order valence-corrected chi connectivity index (χ4v) is 5.21. The van der Waals surface area contributed by atoms with E-state index in [-0.39, 0.29) is 17.1 Å². The predicted octanol–water partition coefficient (Wildman–Crippen LogP) is 5.87. The van der Waals surface area contributed by atoms with Gasteiger partial charge in [0.15, 0.2) is 16.9 Å². The van der Waals surface area contributed by atoms with Crippen LogP contribution in [0.1, 0.15) is 44.4 Å². The Morgan fingerprint density at radius 3 is 2.47 bits per heavy atom. The minimum absolute atomic E-state index is 0.0942. The van der Waals surface area contributed by atoms with Gasteiger partial charge < -0.3 is 18.8 Å². The fourth-order valence-electron chi connectivity index (χ4n) is 5.01. The molecule has 7 heteroatoms. The molecule has 0 fully saturated rings. The van der Waals surface area contributed by atoms with Gasteiger partial charge in [0.1, 0.15) is 5.58 Å². The standard InChI is InChI=1S/C29H26ClNO5/c1-16-12-17(2)27-21(13-16)26(32)24-25(19-6-5-7-20(30)15-19)31(29(33)28(24)36-27)11-10-18-8-9-22(34-3)23(14-18)35-4/h5-9,12-15,25H,10-11H2,1-4H3/t25-/m0/s1. The van der Waals surface area contributed by atoms with Gasteiger partial charge in [-0.15, -0.1) is 0 Å². The summed E-state index contributed by atoms with van der Waals surface area (Å²) in [5.74, 6) is 1.03. The fraction of sp³-hybridized carbons (Fsp3) is 0.241. The number of methoxy groups -OCH3 is 2. The Labute approximate surface area is 214 Å². The maximum absolute atomic E-state index is 13.8. The monoisotopic (exact) mass is 503 g/mol. The van der Waals surface area contributed by atoms with Crippen molar-refractivity contribution < 1.29 is 18.7 Å². The third-order valence-corrected chi connectivity index (χ3v) is 6.89. The van der Waals surface area contributed by atoms with Crippen LogP contribution in [0.15, 0.2) is 63.8 Å². The highest BCUT2D eigenvalue weighted by atomic mass is 35.5. The number of carbonyl (C=O) groups is 1. The van der Waals surface area contributed by atoms with Crippen LogP contribution in [0, 0.1) is 13.8 Å². The smallest absolute Gasteiger partial charge is 0.290 e. The Balaban J connectivity index is 1.62. The summed E-state index contributed by atoms with van der Waals surface area (Å²) in [5, 5.41) is 1.01. The molecule has 1 aromatic heterocycles. The zero-order valence-electron chi connectivity index (χ0n) is 20.6. The van der Waals surface area contributed by atoms with Crippen LogP contribution in [0.4, 0.5) is 0 Å². The first-order valence-electron chi connectivity index (χ1n) is 11.7. The summed E-state index contributed by atoms with van der Waals surface area (Å²) in [6, 6.07) is 16.1. The number of ether oxygens (including phenoxy) is 2. The minimum atomic E-state index is -0.604. The molecule has 0 radical (unpaired) electrons. The summed E-state index contributed by atoms with van der Waals surface area (Å²) >= 11 is 6.32. The predicted molar refractivity (Wildman–Crippen MR) is 140 cm³/mol. The van der Waals surface area contributed by atoms with Crippen LogP contribution >= 0.6 is 11.6 Å². The normalized spacial score (nSPS) is 14.9. The number of aryl methyl sites for hydroxylation is 2. The van der Waals surface area contributed by atoms with Gasteiger partial charge in [0, 0.05) is 11.6 Å². The summed E-state index contributed by atoms with van der Waals surface area (Å²) < 4.78 is 16.9. The highest BCUT2D eigenvalue weighted by Crippen LogP contribution is 2.39. The molecular formula is C29H26ClNO5. The molecule has 184 valence electrons. The number of amides is 1. The zero-order chi connectivity index (χ0) is 25.6. The van der Waals surface area contributed by atoms with E-state index in [0.29, 0.717) is 46.0 Å². The van der Waals surface area contributed by atoms with E-state index in [1.165, 1.54) is 0 Å². The van der Waals surface area contributed by atoms with Crippen LogP contribution in [0.25, 0.3) is 11.0 Å². The van der Waals surface area contributed by atoms with Gasteiger partial charge in [0.25, 0.3) is 5.91 Å². The molecule has 2 heterocycles. The lowest BCUT2D eigenvalue weighted by atomic mass is 9.97. The lowest BCUT2D eigenvalue weighted by Gasteiger charge is -2.25. The Morgan fingerprint density at radius 2 is 1.75 bits per heavy atom. The van der Waals surface area contributed by atoms with Crippen molar-refractivity contribution in [3.05, 3.63) is 103 Å². The molecule has 1 amide bonds. The summed E-state index contributed by atoms with van der Waals surface area (Å²) in [5.41, 5.74) is 4.12. The average molecular weight is 504 g/mol. The van der Waals surface area contributed by atoms with Crippen LogP contribution in [0.2, 0.25) is 5.02 Å². The number of hydrogen-bond donors (Lipinski definition) is 0. The van der Waals surface area contributed by atoms with Crippen molar-refractivity contribution in [1.29, 1.82) is 0 Å². The van der Waals surface area contributed by atoms with Gasteiger partial charge in [-0.2, -0.15) is 0 Å². The molecule has 1 atom stereocenters. The molecular weight excluding hydrogens is 478 g/mol. The Hall–Kier alpha value is -3.77. The summed E-state index contributed by atoms with van der Waals surface area (Å²) in [4.78, 5) is 29.2. The second-order valence-corrected chi connectivity index (χ2v) is 9.46. The number of fused-ring (bicyclic) bond motifs is 2. The molecule has 0 saturated carbocycles. The molecule has 5 rings (SSSR count). The van der Waals surface area contributed by atoms with E-state index in [0.717, 1.165) is 22.3 Å². The van der Waals surface area contributed by atoms with Gasteiger partial charge in [0.05, 0.1) is 31.2 Å². The first-order valence-corrected chi connectivity index (χ1v) is 12.1. The number of hydrogen-bond acceptors (Lipinski definition) is 5. The summed E-state index contributed by atoms with van der Waals surface area (Å²) in [6.45, 7) is 4.19. The van der Waals surface area contributed by atoms with Crippen LogP contribution in [0.5, 0.6) is 11.5 Å². The maximum Gasteiger partial charge on any atom is 0.290 e. The van der Waals surface area contributed by atoms with Crippen LogP contribution < -0.4 is 14.9 Å². The molecule has 0 N–H and O–H groups in total. The highest BCUT2D eigenvalue weighted by molar-refractivity contribution is 6.30. The molecule has 1 aliphatic heterocycles. The topological polar surface area (TPSA) is 69.0 Å². The van der Waals surface area contributed by atoms with Crippen LogP contribution in [-0.2, 0) is 6.42 Å². The largest absolute Gasteiger partial charge is 0.493 e. The molecule has 0 bridgehead atoms. The third kappa shape index (κ3) is 4.01. The number of nitrogens with zero attached hydrogens (tertiary/aromatic N) is 1. The van der Waals surface area contributed by atoms with Crippen molar-refractivity contribution in [1.82, 2.24) is 4.90 Å². The Kier molecular flexibility index (Phi) is 6.22. The third-order valence-electron chi connectivity index (χ3n) is 6.65. The highest BCUT2D eigenvalue weighted by Gasteiger charge is 2.42. The van der Waals surface area contributed by atoms with E-state index in [1.807, 2.05) is 56.3 Å². The van der Waals surface area contributed by atoms with E-state index in [1.54, 1.807) is 31.3 Å². The number of benzene rings is 3. The van der Waals surface area contributed by atoms with E-state index in [2.05, 4.69) is 0 Å². The molecule has 0 saturated heterocycles. The zero-order valence-corrected chi connectivity index (χ0v) is 21.3. The van der Waals surface area contributed by atoms with E-state index in [9.17, 15) is 9.59 Å². The van der Waals surface area contributed by atoms with Crippen LogP contribution in [0.3, 0.4) is 0 Å². The lowest BCUT2D eigenvalue weighted by Crippen LogP contribution is -2.31. The summed E-state index contributed by atoms with van der Waals surface area (Å²) in [6.07, 6.45) is 0.545. The maximum atomic E-state index is 13.8. The minimum Gasteiger partial charge on any atom is -0.493 e. The van der Waals surface area contributed by atoms with Crippen molar-refractivity contribution in [3.63, 3.8) is 0 Å². The summed E-state index contributed by atoms with van der Waals surface area (Å²) in [7, 11) is 3.17. The van der Waals surface area contributed by atoms with Crippen molar-refractivity contribution in [3.8, 4) is 11.5 Å². The quantitative estimate of drug-likeness (QED) is 0.329. The first kappa shape index (κ1) is 23.9. The van der Waals surface area contributed by atoms with Crippen molar-refractivity contribution >= 4 is 28.5 Å².